The first-order chi connectivity index (χ1) is 9.11. The van der Waals surface area contributed by atoms with Crippen molar-refractivity contribution in [2.24, 2.45) is 0 Å². The van der Waals surface area contributed by atoms with Gasteiger partial charge in [0, 0.05) is 11.6 Å². The third-order valence-electron chi connectivity index (χ3n) is 2.60. The fourth-order valence-electron chi connectivity index (χ4n) is 1.59. The van der Waals surface area contributed by atoms with E-state index in [-0.39, 0.29) is 0 Å². The molecule has 0 aromatic heterocycles. The molecule has 2 rings (SSSR count). The normalized spacial score (nSPS) is 10.0. The number of nitriles is 1. The maximum Gasteiger partial charge on any atom is 0.0992 e. The van der Waals surface area contributed by atoms with E-state index in [9.17, 15) is 0 Å². The van der Waals surface area contributed by atoms with Crippen molar-refractivity contribution >= 4 is 44.8 Å². The second-order valence-corrected chi connectivity index (χ2v) is 5.48. The Balaban J connectivity index is 2.15. The minimum absolute atomic E-state index is 0.553. The molecule has 0 spiro atoms. The van der Waals surface area contributed by atoms with Crippen molar-refractivity contribution in [2.75, 3.05) is 5.32 Å². The Morgan fingerprint density at radius 3 is 2.63 bits per heavy atom. The number of hydrogen-bond acceptors (Lipinski definition) is 2. The Labute approximate surface area is 130 Å². The van der Waals surface area contributed by atoms with Gasteiger partial charge in [-0.15, -0.1) is 0 Å². The second-order valence-electron chi connectivity index (χ2n) is 3.87. The first-order valence-corrected chi connectivity index (χ1v) is 7.03. The van der Waals surface area contributed by atoms with Gasteiger partial charge in [-0.25, -0.2) is 0 Å². The van der Waals surface area contributed by atoms with Gasteiger partial charge in [0.2, 0.25) is 0 Å². The van der Waals surface area contributed by atoms with Crippen molar-refractivity contribution in [2.45, 2.75) is 6.54 Å². The van der Waals surface area contributed by atoms with Gasteiger partial charge >= 0.3 is 0 Å². The lowest BCUT2D eigenvalue weighted by Crippen LogP contribution is -2.01. The van der Waals surface area contributed by atoms with E-state index in [1.165, 1.54) is 0 Å². The van der Waals surface area contributed by atoms with Crippen LogP contribution in [0.3, 0.4) is 0 Å². The summed E-state index contributed by atoms with van der Waals surface area (Å²) in [5, 5.41) is 13.3. The lowest BCUT2D eigenvalue weighted by atomic mass is 10.1. The number of hydrogen-bond donors (Lipinski definition) is 1. The molecule has 2 nitrogen and oxygen atoms in total. The van der Waals surface area contributed by atoms with Crippen LogP contribution in [0, 0.1) is 11.3 Å². The van der Waals surface area contributed by atoms with E-state index in [0.717, 1.165) is 15.7 Å². The molecular weight excluding hydrogens is 347 g/mol. The minimum atomic E-state index is 0.553. The number of benzene rings is 2. The fourth-order valence-corrected chi connectivity index (χ4v) is 2.42. The van der Waals surface area contributed by atoms with Crippen molar-refractivity contribution in [1.29, 1.82) is 5.26 Å². The van der Waals surface area contributed by atoms with Gasteiger partial charge in [-0.2, -0.15) is 5.26 Å². The third-order valence-corrected chi connectivity index (χ3v) is 4.35. The Kier molecular flexibility index (Phi) is 4.71. The maximum absolute atomic E-state index is 8.78. The van der Waals surface area contributed by atoms with E-state index >= 15 is 0 Å². The fraction of sp³-hybridized carbons (Fsp3) is 0.0714. The zero-order chi connectivity index (χ0) is 13.8. The summed E-state index contributed by atoms with van der Waals surface area (Å²) in [6, 6.07) is 12.9. The first kappa shape index (κ1) is 14.2. The summed E-state index contributed by atoms with van der Waals surface area (Å²) < 4.78 is 0.821. The summed E-state index contributed by atoms with van der Waals surface area (Å²) in [5.41, 5.74) is 2.37. The highest BCUT2D eigenvalue weighted by atomic mass is 79.9. The van der Waals surface area contributed by atoms with E-state index in [0.29, 0.717) is 22.2 Å². The molecule has 0 saturated heterocycles. The maximum atomic E-state index is 8.78. The molecule has 0 aliphatic rings. The molecule has 5 heteroatoms. The van der Waals surface area contributed by atoms with Gasteiger partial charge < -0.3 is 5.32 Å². The molecule has 0 fully saturated rings. The van der Waals surface area contributed by atoms with E-state index in [1.54, 1.807) is 12.1 Å². The third kappa shape index (κ3) is 3.42. The van der Waals surface area contributed by atoms with Gasteiger partial charge in [0.25, 0.3) is 0 Å². The van der Waals surface area contributed by atoms with Crippen LogP contribution in [0.25, 0.3) is 0 Å². The van der Waals surface area contributed by atoms with Crippen LogP contribution in [-0.4, -0.2) is 0 Å². The molecule has 1 N–H and O–H groups in total. The Morgan fingerprint density at radius 2 is 1.95 bits per heavy atom. The predicted molar refractivity (Wildman–Crippen MR) is 82.6 cm³/mol. The Hall–Kier alpha value is -1.21. The summed E-state index contributed by atoms with van der Waals surface area (Å²) in [5.74, 6) is 0. The van der Waals surface area contributed by atoms with Crippen LogP contribution in [0.1, 0.15) is 11.1 Å². The van der Waals surface area contributed by atoms with Crippen LogP contribution in [-0.2, 0) is 6.54 Å². The number of rotatable bonds is 3. The smallest absolute Gasteiger partial charge is 0.0992 e. The quantitative estimate of drug-likeness (QED) is 0.817. The SMILES string of the molecule is N#Cc1ccc(CNc2cccc(Cl)c2Br)c(Cl)c1. The molecular formula is C14H9BrCl2N2. The van der Waals surface area contributed by atoms with Crippen LogP contribution in [0.5, 0.6) is 0 Å². The van der Waals surface area contributed by atoms with Crippen LogP contribution in [0.4, 0.5) is 5.69 Å². The summed E-state index contributed by atoms with van der Waals surface area (Å²) in [6.45, 7) is 0.559. The van der Waals surface area contributed by atoms with Gasteiger partial charge in [-0.05, 0) is 45.8 Å². The van der Waals surface area contributed by atoms with Crippen molar-refractivity contribution < 1.29 is 0 Å². The second kappa shape index (κ2) is 6.29. The summed E-state index contributed by atoms with van der Waals surface area (Å²) in [7, 11) is 0. The highest BCUT2D eigenvalue weighted by Gasteiger charge is 2.05. The van der Waals surface area contributed by atoms with Crippen LogP contribution in [0.2, 0.25) is 10.0 Å². The van der Waals surface area contributed by atoms with E-state index < -0.39 is 0 Å². The van der Waals surface area contributed by atoms with Crippen LogP contribution >= 0.6 is 39.1 Å². The molecule has 19 heavy (non-hydrogen) atoms. The summed E-state index contributed by atoms with van der Waals surface area (Å²) >= 11 is 15.6. The minimum Gasteiger partial charge on any atom is -0.380 e. The molecule has 0 bridgehead atoms. The average molecular weight is 356 g/mol. The Bertz CT molecular complexity index is 650. The summed E-state index contributed by atoms with van der Waals surface area (Å²) in [4.78, 5) is 0. The number of halogens is 3. The molecule has 2 aromatic rings. The average Bonchev–Trinajstić information content (AvgIpc) is 2.41. The van der Waals surface area contributed by atoms with Crippen LogP contribution < -0.4 is 5.32 Å². The number of anilines is 1. The molecule has 0 atom stereocenters. The highest BCUT2D eigenvalue weighted by Crippen LogP contribution is 2.30. The Morgan fingerprint density at radius 1 is 1.16 bits per heavy atom. The molecule has 96 valence electrons. The molecule has 0 radical (unpaired) electrons. The zero-order valence-electron chi connectivity index (χ0n) is 9.75. The molecule has 0 unspecified atom stereocenters. The van der Waals surface area contributed by atoms with Gasteiger partial charge in [0.1, 0.15) is 0 Å². The summed E-state index contributed by atoms with van der Waals surface area (Å²) in [6.07, 6.45) is 0. The highest BCUT2D eigenvalue weighted by molar-refractivity contribution is 9.10. The van der Waals surface area contributed by atoms with Gasteiger partial charge in [-0.1, -0.05) is 35.3 Å². The standard InChI is InChI=1S/C14H9BrCl2N2/c15-14-11(16)2-1-3-13(14)19-8-10-5-4-9(7-18)6-12(10)17/h1-6,19H,8H2. The number of nitrogens with zero attached hydrogens (tertiary/aromatic N) is 1. The van der Waals surface area contributed by atoms with E-state index in [2.05, 4.69) is 27.3 Å². The number of nitrogens with one attached hydrogen (secondary N) is 1. The molecule has 0 heterocycles. The predicted octanol–water partition coefficient (Wildman–Crippen LogP) is 5.24. The van der Waals surface area contributed by atoms with Crippen molar-refractivity contribution in [1.82, 2.24) is 0 Å². The zero-order valence-corrected chi connectivity index (χ0v) is 12.9. The van der Waals surface area contributed by atoms with Crippen LogP contribution in [0.15, 0.2) is 40.9 Å². The lowest BCUT2D eigenvalue weighted by Gasteiger charge is -2.10. The van der Waals surface area contributed by atoms with E-state index in [1.807, 2.05) is 24.3 Å². The molecule has 0 amide bonds. The molecule has 2 aromatic carbocycles. The van der Waals surface area contributed by atoms with Gasteiger partial charge in [-0.3, -0.25) is 0 Å². The van der Waals surface area contributed by atoms with Crippen molar-refractivity contribution in [3.63, 3.8) is 0 Å². The molecule has 0 aliphatic heterocycles. The van der Waals surface area contributed by atoms with E-state index in [4.69, 9.17) is 28.5 Å². The largest absolute Gasteiger partial charge is 0.380 e. The van der Waals surface area contributed by atoms with Gasteiger partial charge in [0.15, 0.2) is 0 Å². The first-order valence-electron chi connectivity index (χ1n) is 5.48. The molecule has 0 saturated carbocycles. The topological polar surface area (TPSA) is 35.8 Å². The van der Waals surface area contributed by atoms with Crippen molar-refractivity contribution in [3.05, 3.63) is 62.0 Å². The van der Waals surface area contributed by atoms with Crippen molar-refractivity contribution in [3.8, 4) is 6.07 Å². The molecule has 0 aliphatic carbocycles. The lowest BCUT2D eigenvalue weighted by molar-refractivity contribution is 1.14. The monoisotopic (exact) mass is 354 g/mol. The van der Waals surface area contributed by atoms with Gasteiger partial charge in [0.05, 0.1) is 26.8 Å².